The van der Waals surface area contributed by atoms with Gasteiger partial charge in [-0.15, -0.1) is 0 Å². The van der Waals surface area contributed by atoms with Crippen LogP contribution in [0.5, 0.6) is 0 Å². The number of aromatic nitrogens is 2. The fourth-order valence-corrected chi connectivity index (χ4v) is 1.44. The molecular formula is C11H10N2O2. The summed E-state index contributed by atoms with van der Waals surface area (Å²) in [6.45, 7) is 1.41. The number of Topliss-reactive ketones (excluding diaryl/α,β-unsaturated/α-hetero) is 2. The Kier molecular flexibility index (Phi) is 2.33. The normalized spacial score (nSPS) is 10.5. The van der Waals surface area contributed by atoms with Crippen LogP contribution in [-0.2, 0) is 4.79 Å². The summed E-state index contributed by atoms with van der Waals surface area (Å²) >= 11 is 0. The summed E-state index contributed by atoms with van der Waals surface area (Å²) in [7, 11) is 0. The average Bonchev–Trinajstić information content (AvgIpc) is 2.62. The van der Waals surface area contributed by atoms with Gasteiger partial charge in [0.15, 0.2) is 5.78 Å². The molecule has 0 amide bonds. The molecule has 2 aromatic rings. The molecule has 2 rings (SSSR count). The summed E-state index contributed by atoms with van der Waals surface area (Å²) < 4.78 is 0. The Balaban J connectivity index is 2.35. The van der Waals surface area contributed by atoms with E-state index >= 15 is 0 Å². The third kappa shape index (κ3) is 1.93. The summed E-state index contributed by atoms with van der Waals surface area (Å²) in [6, 6.07) is 5.23. The van der Waals surface area contributed by atoms with E-state index in [1.54, 1.807) is 24.4 Å². The van der Waals surface area contributed by atoms with Crippen LogP contribution >= 0.6 is 0 Å². The van der Waals surface area contributed by atoms with E-state index in [1.807, 2.05) is 0 Å². The predicted octanol–water partition coefficient (Wildman–Crippen LogP) is 1.72. The molecule has 76 valence electrons. The van der Waals surface area contributed by atoms with Crippen molar-refractivity contribution in [2.75, 3.05) is 0 Å². The van der Waals surface area contributed by atoms with E-state index in [0.29, 0.717) is 5.56 Å². The van der Waals surface area contributed by atoms with Crippen LogP contribution < -0.4 is 0 Å². The molecule has 0 saturated carbocycles. The maximum absolute atomic E-state index is 11.6. The van der Waals surface area contributed by atoms with Gasteiger partial charge in [-0.1, -0.05) is 0 Å². The Morgan fingerprint density at radius 3 is 2.93 bits per heavy atom. The lowest BCUT2D eigenvalue weighted by Crippen LogP contribution is -2.04. The van der Waals surface area contributed by atoms with E-state index in [-0.39, 0.29) is 18.0 Å². The highest BCUT2D eigenvalue weighted by atomic mass is 16.1. The first kappa shape index (κ1) is 9.58. The number of nitrogens with zero attached hydrogens (tertiary/aromatic N) is 1. The molecule has 1 aromatic heterocycles. The highest BCUT2D eigenvalue weighted by Gasteiger charge is 2.09. The maximum atomic E-state index is 11.6. The second-order valence-corrected chi connectivity index (χ2v) is 3.47. The number of benzene rings is 1. The molecule has 0 atom stereocenters. The van der Waals surface area contributed by atoms with Crippen LogP contribution in [0.3, 0.4) is 0 Å². The molecular weight excluding hydrogens is 192 g/mol. The lowest BCUT2D eigenvalue weighted by molar-refractivity contribution is -0.116. The van der Waals surface area contributed by atoms with Gasteiger partial charge in [0.2, 0.25) is 0 Å². The minimum Gasteiger partial charge on any atom is -0.300 e. The Morgan fingerprint density at radius 2 is 2.20 bits per heavy atom. The van der Waals surface area contributed by atoms with Crippen molar-refractivity contribution in [2.24, 2.45) is 0 Å². The Hall–Kier alpha value is -1.97. The van der Waals surface area contributed by atoms with Crippen molar-refractivity contribution < 1.29 is 9.59 Å². The van der Waals surface area contributed by atoms with Crippen LogP contribution in [0.2, 0.25) is 0 Å². The predicted molar refractivity (Wildman–Crippen MR) is 55.7 cm³/mol. The molecule has 0 bridgehead atoms. The number of rotatable bonds is 3. The standard InChI is InChI=1S/C11H10N2O2/c1-7(14)4-11(15)8-2-3-10-9(5-8)6-12-13-10/h2-3,5-6H,4H2,1H3,(H,12,13). The monoisotopic (exact) mass is 202 g/mol. The lowest BCUT2D eigenvalue weighted by atomic mass is 10.1. The molecule has 1 heterocycles. The second kappa shape index (κ2) is 3.65. The Morgan fingerprint density at radius 1 is 1.40 bits per heavy atom. The molecule has 0 saturated heterocycles. The average molecular weight is 202 g/mol. The number of carbonyl (C=O) groups excluding carboxylic acids is 2. The summed E-state index contributed by atoms with van der Waals surface area (Å²) in [5.41, 5.74) is 1.44. The summed E-state index contributed by atoms with van der Waals surface area (Å²) in [6.07, 6.45) is 1.61. The molecule has 0 aliphatic rings. The van der Waals surface area contributed by atoms with Crippen molar-refractivity contribution >= 4 is 22.5 Å². The van der Waals surface area contributed by atoms with Crippen LogP contribution in [0.25, 0.3) is 10.9 Å². The van der Waals surface area contributed by atoms with Crippen LogP contribution in [0.1, 0.15) is 23.7 Å². The summed E-state index contributed by atoms with van der Waals surface area (Å²) in [5, 5.41) is 7.54. The zero-order valence-corrected chi connectivity index (χ0v) is 8.28. The van der Waals surface area contributed by atoms with Crippen molar-refractivity contribution in [1.82, 2.24) is 10.2 Å². The topological polar surface area (TPSA) is 62.8 Å². The van der Waals surface area contributed by atoms with Crippen molar-refractivity contribution in [3.8, 4) is 0 Å². The minimum absolute atomic E-state index is 0.0383. The smallest absolute Gasteiger partial charge is 0.170 e. The number of nitrogens with one attached hydrogen (secondary N) is 1. The van der Waals surface area contributed by atoms with Crippen molar-refractivity contribution in [3.63, 3.8) is 0 Å². The molecule has 0 radical (unpaired) electrons. The lowest BCUT2D eigenvalue weighted by Gasteiger charge is -1.98. The SMILES string of the molecule is CC(=O)CC(=O)c1ccc2[nH]ncc2c1. The number of fused-ring (bicyclic) bond motifs is 1. The van der Waals surface area contributed by atoms with Gasteiger partial charge in [0.25, 0.3) is 0 Å². The van der Waals surface area contributed by atoms with Gasteiger partial charge >= 0.3 is 0 Å². The van der Waals surface area contributed by atoms with Crippen LogP contribution in [0.4, 0.5) is 0 Å². The van der Waals surface area contributed by atoms with Gasteiger partial charge in [0.05, 0.1) is 18.1 Å². The van der Waals surface area contributed by atoms with Gasteiger partial charge in [-0.25, -0.2) is 0 Å². The molecule has 0 unspecified atom stereocenters. The third-order valence-electron chi connectivity index (χ3n) is 2.17. The molecule has 4 nitrogen and oxygen atoms in total. The first-order chi connectivity index (χ1) is 7.16. The van der Waals surface area contributed by atoms with Crippen LogP contribution in [0.15, 0.2) is 24.4 Å². The molecule has 0 aliphatic carbocycles. The van der Waals surface area contributed by atoms with E-state index in [1.165, 1.54) is 6.92 Å². The van der Waals surface area contributed by atoms with E-state index < -0.39 is 0 Å². The number of H-pyrrole nitrogens is 1. The van der Waals surface area contributed by atoms with Gasteiger partial charge < -0.3 is 0 Å². The maximum Gasteiger partial charge on any atom is 0.170 e. The molecule has 0 aliphatic heterocycles. The molecule has 0 spiro atoms. The van der Waals surface area contributed by atoms with Gasteiger partial charge in [0.1, 0.15) is 5.78 Å². The van der Waals surface area contributed by atoms with Crippen molar-refractivity contribution in [1.29, 1.82) is 0 Å². The van der Waals surface area contributed by atoms with Gasteiger partial charge in [-0.2, -0.15) is 5.10 Å². The van der Waals surface area contributed by atoms with E-state index in [0.717, 1.165) is 10.9 Å². The van der Waals surface area contributed by atoms with Crippen LogP contribution in [-0.4, -0.2) is 21.8 Å². The second-order valence-electron chi connectivity index (χ2n) is 3.47. The molecule has 1 N–H and O–H groups in total. The highest BCUT2D eigenvalue weighted by molar-refractivity contribution is 6.08. The first-order valence-electron chi connectivity index (χ1n) is 4.62. The number of hydrogen-bond donors (Lipinski definition) is 1. The number of ketones is 2. The number of carbonyl (C=O) groups is 2. The zero-order valence-electron chi connectivity index (χ0n) is 8.28. The van der Waals surface area contributed by atoms with Crippen molar-refractivity contribution in [3.05, 3.63) is 30.0 Å². The Bertz CT molecular complexity index is 528. The largest absolute Gasteiger partial charge is 0.300 e. The third-order valence-corrected chi connectivity index (χ3v) is 2.17. The summed E-state index contributed by atoms with van der Waals surface area (Å²) in [4.78, 5) is 22.4. The van der Waals surface area contributed by atoms with E-state index in [2.05, 4.69) is 10.2 Å². The molecule has 0 fully saturated rings. The number of hydrogen-bond acceptors (Lipinski definition) is 3. The number of aromatic amines is 1. The van der Waals surface area contributed by atoms with E-state index in [4.69, 9.17) is 0 Å². The summed E-state index contributed by atoms with van der Waals surface area (Å²) in [5.74, 6) is -0.266. The highest BCUT2D eigenvalue weighted by Crippen LogP contribution is 2.14. The van der Waals surface area contributed by atoms with Crippen molar-refractivity contribution in [2.45, 2.75) is 13.3 Å². The molecule has 15 heavy (non-hydrogen) atoms. The van der Waals surface area contributed by atoms with Crippen LogP contribution in [0, 0.1) is 0 Å². The van der Waals surface area contributed by atoms with Gasteiger partial charge in [0, 0.05) is 10.9 Å². The fraction of sp³-hybridized carbons (Fsp3) is 0.182. The first-order valence-corrected chi connectivity index (χ1v) is 4.62. The van der Waals surface area contributed by atoms with Gasteiger partial charge in [-0.05, 0) is 25.1 Å². The fourth-order valence-electron chi connectivity index (χ4n) is 1.44. The quantitative estimate of drug-likeness (QED) is 0.609. The van der Waals surface area contributed by atoms with Gasteiger partial charge in [-0.3, -0.25) is 14.7 Å². The Labute approximate surface area is 86.3 Å². The zero-order chi connectivity index (χ0) is 10.8. The minimum atomic E-state index is -0.148. The van der Waals surface area contributed by atoms with E-state index in [9.17, 15) is 9.59 Å². The molecule has 4 heteroatoms. The molecule has 1 aromatic carbocycles.